The summed E-state index contributed by atoms with van der Waals surface area (Å²) in [6.07, 6.45) is 1.03. The molecule has 10 heavy (non-hydrogen) atoms. The summed E-state index contributed by atoms with van der Waals surface area (Å²) in [5, 5.41) is 0. The van der Waals surface area contributed by atoms with Gasteiger partial charge in [0.15, 0.2) is 0 Å². The van der Waals surface area contributed by atoms with E-state index in [1.165, 1.54) is 4.88 Å². The molecule has 1 rings (SSSR count). The second-order valence-electron chi connectivity index (χ2n) is 2.22. The van der Waals surface area contributed by atoms with Crippen LogP contribution in [0.25, 0.3) is 0 Å². The Morgan fingerprint density at radius 3 is 2.40 bits per heavy atom. The van der Waals surface area contributed by atoms with E-state index in [2.05, 4.69) is 19.6 Å². The van der Waals surface area contributed by atoms with Gasteiger partial charge < -0.3 is 0 Å². The van der Waals surface area contributed by atoms with Crippen molar-refractivity contribution in [2.45, 2.75) is 25.2 Å². The Morgan fingerprint density at radius 2 is 2.20 bits per heavy atom. The molecule has 0 saturated carbocycles. The van der Waals surface area contributed by atoms with E-state index in [1.54, 1.807) is 11.3 Å². The Kier molecular flexibility index (Phi) is 2.47. The van der Waals surface area contributed by atoms with E-state index in [1.807, 2.05) is 6.92 Å². The maximum absolute atomic E-state index is 5.69. The number of hydrogen-bond donors (Lipinski definition) is 1. The second-order valence-corrected chi connectivity index (χ2v) is 3.80. The Morgan fingerprint density at radius 1 is 1.60 bits per heavy atom. The van der Waals surface area contributed by atoms with Crippen LogP contribution < -0.4 is 4.78 Å². The van der Waals surface area contributed by atoms with E-state index in [-0.39, 0.29) is 0 Å². The lowest BCUT2D eigenvalue weighted by Gasteiger charge is -1.91. The highest BCUT2D eigenvalue weighted by Crippen LogP contribution is 2.22. The molecule has 0 spiro atoms. The molecule has 0 aliphatic heterocycles. The lowest BCUT2D eigenvalue weighted by Crippen LogP contribution is -1.97. The summed E-state index contributed by atoms with van der Waals surface area (Å²) in [6.45, 7) is 4.12. The van der Waals surface area contributed by atoms with Gasteiger partial charge in [-0.1, -0.05) is 6.92 Å². The van der Waals surface area contributed by atoms with Gasteiger partial charge in [-0.3, -0.25) is 0 Å². The normalized spacial score (nSPS) is 10.3. The van der Waals surface area contributed by atoms with Gasteiger partial charge in [0.05, 0.1) is 0 Å². The van der Waals surface area contributed by atoms with Gasteiger partial charge in [-0.05, 0) is 23.7 Å². The fraction of sp³-hybridized carbons (Fsp3) is 0.429. The summed E-state index contributed by atoms with van der Waals surface area (Å²) in [7, 11) is 5.69. The Labute approximate surface area is 72.5 Å². The summed E-state index contributed by atoms with van der Waals surface area (Å²) in [6, 6.07) is 0. The van der Waals surface area contributed by atoms with Crippen LogP contribution in [0.3, 0.4) is 0 Å². The molecule has 1 aromatic heterocycles. The van der Waals surface area contributed by atoms with Crippen molar-refractivity contribution >= 4 is 36.6 Å². The van der Waals surface area contributed by atoms with Crippen LogP contribution in [0.1, 0.15) is 17.4 Å². The van der Waals surface area contributed by atoms with Gasteiger partial charge in [-0.15, -0.1) is 12.6 Å². The van der Waals surface area contributed by atoms with Crippen LogP contribution in [0.5, 0.6) is 0 Å². The van der Waals surface area contributed by atoms with Crippen LogP contribution in [0.2, 0.25) is 0 Å². The summed E-state index contributed by atoms with van der Waals surface area (Å²) in [5.41, 5.74) is 1.13. The zero-order valence-corrected chi connectivity index (χ0v) is 7.85. The van der Waals surface area contributed by atoms with Gasteiger partial charge in [0, 0.05) is 9.77 Å². The van der Waals surface area contributed by atoms with E-state index in [4.69, 9.17) is 7.85 Å². The molecule has 52 valence electrons. The molecule has 0 amide bonds. The first-order valence-corrected chi connectivity index (χ1v) is 4.49. The first-order chi connectivity index (χ1) is 4.66. The van der Waals surface area contributed by atoms with Crippen molar-refractivity contribution in [1.29, 1.82) is 0 Å². The van der Waals surface area contributed by atoms with Crippen molar-refractivity contribution < 1.29 is 0 Å². The minimum Gasteiger partial charge on any atom is -0.155 e. The minimum absolute atomic E-state index is 0.904. The molecule has 3 heteroatoms. The lowest BCUT2D eigenvalue weighted by atomic mass is 10.0. The van der Waals surface area contributed by atoms with E-state index in [0.29, 0.717) is 0 Å². The molecule has 0 aliphatic rings. The Balaban J connectivity index is 3.17. The van der Waals surface area contributed by atoms with Crippen LogP contribution in [-0.4, -0.2) is 7.85 Å². The number of thiol groups is 1. The number of rotatable bonds is 1. The molecule has 0 atom stereocenters. The second kappa shape index (κ2) is 3.01. The van der Waals surface area contributed by atoms with E-state index >= 15 is 0 Å². The molecule has 0 aliphatic carbocycles. The highest BCUT2D eigenvalue weighted by Gasteiger charge is 2.05. The fourth-order valence-electron chi connectivity index (χ4n) is 0.823. The molecular formula is C7H9BS2. The summed E-state index contributed by atoms with van der Waals surface area (Å²) >= 11 is 5.98. The number of hydrogen-bond acceptors (Lipinski definition) is 2. The molecule has 0 N–H and O–H groups in total. The zero-order chi connectivity index (χ0) is 7.72. The van der Waals surface area contributed by atoms with Crippen LogP contribution in [0, 0.1) is 6.92 Å². The molecule has 1 aromatic rings. The average molecular weight is 168 g/mol. The molecule has 0 nitrogen and oxygen atoms in total. The van der Waals surface area contributed by atoms with E-state index < -0.39 is 0 Å². The maximum atomic E-state index is 5.69. The van der Waals surface area contributed by atoms with E-state index in [0.717, 1.165) is 21.7 Å². The van der Waals surface area contributed by atoms with Gasteiger partial charge in [0.25, 0.3) is 0 Å². The summed E-state index contributed by atoms with van der Waals surface area (Å²) in [4.78, 5) is 2.36. The van der Waals surface area contributed by atoms with Gasteiger partial charge in [0.2, 0.25) is 0 Å². The summed E-state index contributed by atoms with van der Waals surface area (Å²) < 4.78 is 0.904. The van der Waals surface area contributed by atoms with Gasteiger partial charge in [0.1, 0.15) is 7.85 Å². The summed E-state index contributed by atoms with van der Waals surface area (Å²) in [5.74, 6) is 0. The van der Waals surface area contributed by atoms with Crippen molar-refractivity contribution in [3.8, 4) is 0 Å². The highest BCUT2D eigenvalue weighted by atomic mass is 32.1. The molecule has 0 fully saturated rings. The lowest BCUT2D eigenvalue weighted by molar-refractivity contribution is 1.12. The molecule has 0 unspecified atom stereocenters. The van der Waals surface area contributed by atoms with Gasteiger partial charge in [-0.2, -0.15) is 11.3 Å². The van der Waals surface area contributed by atoms with E-state index in [9.17, 15) is 0 Å². The highest BCUT2D eigenvalue weighted by molar-refractivity contribution is 7.80. The standard InChI is InChI=1S/C7H9BS2/c1-3-5-6(9)4(2)7(8)10-5/h9H,3H2,1-2H3. The minimum atomic E-state index is 0.904. The molecule has 1 heterocycles. The quantitative estimate of drug-likeness (QED) is 0.478. The number of thiophene rings is 1. The smallest absolute Gasteiger partial charge is 0.129 e. The average Bonchev–Trinajstić information content (AvgIpc) is 2.17. The Hall–Kier alpha value is 0.115. The van der Waals surface area contributed by atoms with Crippen LogP contribution in [0.4, 0.5) is 0 Å². The van der Waals surface area contributed by atoms with Crippen LogP contribution in [0.15, 0.2) is 4.90 Å². The molecule has 2 radical (unpaired) electrons. The molecular weight excluding hydrogens is 159 g/mol. The third kappa shape index (κ3) is 1.25. The molecule has 0 bridgehead atoms. The van der Waals surface area contributed by atoms with Crippen LogP contribution in [-0.2, 0) is 6.42 Å². The van der Waals surface area contributed by atoms with Gasteiger partial charge in [-0.25, -0.2) is 0 Å². The zero-order valence-electron chi connectivity index (χ0n) is 6.14. The Bertz CT molecular complexity index is 240. The first kappa shape index (κ1) is 8.21. The van der Waals surface area contributed by atoms with Crippen molar-refractivity contribution in [3.05, 3.63) is 10.4 Å². The van der Waals surface area contributed by atoms with Crippen molar-refractivity contribution in [2.24, 2.45) is 0 Å². The monoisotopic (exact) mass is 168 g/mol. The van der Waals surface area contributed by atoms with Crippen molar-refractivity contribution in [2.75, 3.05) is 0 Å². The van der Waals surface area contributed by atoms with Crippen LogP contribution >= 0.6 is 24.0 Å². The topological polar surface area (TPSA) is 0 Å². The van der Waals surface area contributed by atoms with Crippen molar-refractivity contribution in [1.82, 2.24) is 0 Å². The molecule has 0 saturated heterocycles. The largest absolute Gasteiger partial charge is 0.155 e. The SMILES string of the molecule is [B]c1sc(CC)c(S)c1C. The first-order valence-electron chi connectivity index (χ1n) is 3.23. The van der Waals surface area contributed by atoms with Gasteiger partial charge >= 0.3 is 0 Å². The third-order valence-electron chi connectivity index (χ3n) is 1.54. The predicted molar refractivity (Wildman–Crippen MR) is 51.1 cm³/mol. The molecule has 0 aromatic carbocycles. The van der Waals surface area contributed by atoms with Crippen molar-refractivity contribution in [3.63, 3.8) is 0 Å². The fourth-order valence-corrected chi connectivity index (χ4v) is 2.23. The predicted octanol–water partition coefficient (Wildman–Crippen LogP) is 1.70. The number of aryl methyl sites for hydroxylation is 1. The maximum Gasteiger partial charge on any atom is 0.129 e. The third-order valence-corrected chi connectivity index (χ3v) is 3.57.